The van der Waals surface area contributed by atoms with Gasteiger partial charge in [0.1, 0.15) is 23.4 Å². The molecule has 1 fully saturated rings. The van der Waals surface area contributed by atoms with Crippen molar-refractivity contribution in [2.75, 3.05) is 19.1 Å². The van der Waals surface area contributed by atoms with Crippen LogP contribution in [0.3, 0.4) is 0 Å². The summed E-state index contributed by atoms with van der Waals surface area (Å²) in [5.74, 6) is -0.601. The molecule has 3 rings (SSSR count). The van der Waals surface area contributed by atoms with Gasteiger partial charge in [0.25, 0.3) is 0 Å². The summed E-state index contributed by atoms with van der Waals surface area (Å²) in [6, 6.07) is 4.25. The molecule has 1 aromatic rings. The fraction of sp³-hybridized carbons (Fsp3) is 0.556. The number of rotatable bonds is 1. The first-order valence-corrected chi connectivity index (χ1v) is 8.72. The lowest BCUT2D eigenvalue weighted by atomic mass is 9.91. The van der Waals surface area contributed by atoms with Crippen molar-refractivity contribution in [2.24, 2.45) is 0 Å². The van der Waals surface area contributed by atoms with Gasteiger partial charge in [-0.3, -0.25) is 4.90 Å². The van der Waals surface area contributed by atoms with Crippen LogP contribution in [0.2, 0.25) is 5.02 Å². The van der Waals surface area contributed by atoms with Crippen LogP contribution in [0.5, 0.6) is 0 Å². The number of carbonyl (C=O) groups is 2. The minimum Gasteiger partial charge on any atom is -0.467 e. The van der Waals surface area contributed by atoms with Crippen molar-refractivity contribution in [3.05, 3.63) is 28.8 Å². The van der Waals surface area contributed by atoms with Crippen molar-refractivity contribution in [1.82, 2.24) is 4.90 Å². The largest absolute Gasteiger partial charge is 0.467 e. The Hall–Kier alpha value is -1.99. The van der Waals surface area contributed by atoms with Gasteiger partial charge in [0, 0.05) is 19.0 Å². The highest BCUT2D eigenvalue weighted by atomic mass is 35.5. The Kier molecular flexibility index (Phi) is 4.36. The van der Waals surface area contributed by atoms with E-state index >= 15 is 0 Å². The molecule has 0 unspecified atom stereocenters. The summed E-state index contributed by atoms with van der Waals surface area (Å²) < 4.78 is 10.3. The summed E-state index contributed by atoms with van der Waals surface area (Å²) in [6.07, 6.45) is -1.51. The van der Waals surface area contributed by atoms with Gasteiger partial charge < -0.3 is 19.5 Å². The monoisotopic (exact) mass is 382 g/mol. The lowest BCUT2D eigenvalue weighted by Crippen LogP contribution is -2.54. The van der Waals surface area contributed by atoms with Crippen molar-refractivity contribution >= 4 is 29.4 Å². The van der Waals surface area contributed by atoms with Crippen LogP contribution >= 0.6 is 11.6 Å². The number of likely N-dealkylation sites (tertiary alicyclic amines) is 1. The van der Waals surface area contributed by atoms with E-state index in [2.05, 4.69) is 0 Å². The first-order chi connectivity index (χ1) is 12.0. The third-order valence-electron chi connectivity index (χ3n) is 4.78. The average molecular weight is 383 g/mol. The van der Waals surface area contributed by atoms with Crippen molar-refractivity contribution < 1.29 is 24.2 Å². The molecule has 0 saturated carbocycles. The molecule has 8 heteroatoms. The Morgan fingerprint density at radius 1 is 1.35 bits per heavy atom. The number of aliphatic hydroxyl groups is 1. The van der Waals surface area contributed by atoms with Gasteiger partial charge in [0.2, 0.25) is 0 Å². The molecule has 3 atom stereocenters. The van der Waals surface area contributed by atoms with Crippen molar-refractivity contribution in [2.45, 2.75) is 50.6 Å². The van der Waals surface area contributed by atoms with Crippen LogP contribution in [0.15, 0.2) is 18.2 Å². The number of anilines is 1. The number of nitrogens with zero attached hydrogens (tertiary/aromatic N) is 2. The highest BCUT2D eigenvalue weighted by Crippen LogP contribution is 2.54. The molecule has 0 bridgehead atoms. The summed E-state index contributed by atoms with van der Waals surface area (Å²) in [6.45, 7) is 5.22. The number of esters is 1. The Morgan fingerprint density at radius 3 is 2.58 bits per heavy atom. The van der Waals surface area contributed by atoms with Gasteiger partial charge in [0.15, 0.2) is 0 Å². The Labute approximate surface area is 157 Å². The number of amides is 1. The van der Waals surface area contributed by atoms with E-state index in [0.717, 1.165) is 0 Å². The highest BCUT2D eigenvalue weighted by Gasteiger charge is 2.63. The van der Waals surface area contributed by atoms with E-state index in [0.29, 0.717) is 16.3 Å². The first-order valence-electron chi connectivity index (χ1n) is 8.34. The quantitative estimate of drug-likeness (QED) is 0.752. The zero-order valence-electron chi connectivity index (χ0n) is 15.4. The Balaban J connectivity index is 2.10. The van der Waals surface area contributed by atoms with Gasteiger partial charge in [0.05, 0.1) is 17.8 Å². The number of likely N-dealkylation sites (N-methyl/N-ethyl adjacent to an activating group) is 1. The van der Waals surface area contributed by atoms with Crippen LogP contribution < -0.4 is 4.90 Å². The van der Waals surface area contributed by atoms with Crippen LogP contribution in [0.25, 0.3) is 0 Å². The molecule has 0 radical (unpaired) electrons. The lowest BCUT2D eigenvalue weighted by Gasteiger charge is -2.36. The predicted octanol–water partition coefficient (Wildman–Crippen LogP) is 2.49. The zero-order valence-corrected chi connectivity index (χ0v) is 16.2. The second-order valence-corrected chi connectivity index (χ2v) is 8.08. The third-order valence-corrected chi connectivity index (χ3v) is 5.09. The van der Waals surface area contributed by atoms with Crippen LogP contribution in [-0.4, -0.2) is 54.0 Å². The molecular weight excluding hydrogens is 360 g/mol. The highest BCUT2D eigenvalue weighted by molar-refractivity contribution is 6.33. The Bertz CT molecular complexity index is 762. The summed E-state index contributed by atoms with van der Waals surface area (Å²) >= 11 is 6.32. The van der Waals surface area contributed by atoms with Gasteiger partial charge in [-0.1, -0.05) is 23.7 Å². The number of ether oxygens (including phenoxy) is 2. The first kappa shape index (κ1) is 18.8. The molecule has 2 aliphatic rings. The fourth-order valence-electron chi connectivity index (χ4n) is 3.88. The van der Waals surface area contributed by atoms with Gasteiger partial charge in [-0.2, -0.15) is 0 Å². The molecule has 2 heterocycles. The molecule has 142 valence electrons. The number of carbonyl (C=O) groups excluding carboxylic acids is 2. The average Bonchev–Trinajstić information content (AvgIpc) is 2.96. The van der Waals surface area contributed by atoms with Crippen LogP contribution in [0, 0.1) is 0 Å². The SMILES string of the molecule is COC(=O)[C@@H]1C[C@@]2(O)c3cccc(Cl)c3N(C)[C@H]2N1C(=O)OC(C)(C)C. The molecular formula is C18H23ClN2O5. The summed E-state index contributed by atoms with van der Waals surface area (Å²) in [7, 11) is 2.98. The third kappa shape index (κ3) is 2.70. The van der Waals surface area contributed by atoms with Crippen LogP contribution in [-0.2, 0) is 19.9 Å². The predicted molar refractivity (Wildman–Crippen MR) is 96.0 cm³/mol. The molecule has 0 aliphatic carbocycles. The fourth-order valence-corrected chi connectivity index (χ4v) is 4.18. The number of hydrogen-bond acceptors (Lipinski definition) is 6. The minimum atomic E-state index is -1.45. The van der Waals surface area contributed by atoms with Gasteiger partial charge in [-0.15, -0.1) is 0 Å². The number of halogens is 1. The van der Waals surface area contributed by atoms with Crippen LogP contribution in [0.4, 0.5) is 10.5 Å². The number of hydrogen-bond donors (Lipinski definition) is 1. The van der Waals surface area contributed by atoms with Crippen molar-refractivity contribution in [1.29, 1.82) is 0 Å². The lowest BCUT2D eigenvalue weighted by molar-refractivity contribution is -0.146. The number of fused-ring (bicyclic) bond motifs is 3. The Morgan fingerprint density at radius 2 is 2.00 bits per heavy atom. The zero-order chi connectivity index (χ0) is 19.4. The topological polar surface area (TPSA) is 79.3 Å². The van der Waals surface area contributed by atoms with Crippen molar-refractivity contribution in [3.63, 3.8) is 0 Å². The maximum absolute atomic E-state index is 12.9. The maximum Gasteiger partial charge on any atom is 0.412 e. The van der Waals surface area contributed by atoms with E-state index < -0.39 is 35.5 Å². The second-order valence-electron chi connectivity index (χ2n) is 7.68. The molecule has 1 N–H and O–H groups in total. The van der Waals surface area contributed by atoms with E-state index in [9.17, 15) is 14.7 Å². The van der Waals surface area contributed by atoms with E-state index in [1.165, 1.54) is 12.0 Å². The van der Waals surface area contributed by atoms with Crippen molar-refractivity contribution in [3.8, 4) is 0 Å². The van der Waals surface area contributed by atoms with Gasteiger partial charge in [-0.25, -0.2) is 9.59 Å². The van der Waals surface area contributed by atoms with E-state index in [4.69, 9.17) is 21.1 Å². The molecule has 1 aromatic carbocycles. The molecule has 0 aromatic heterocycles. The number of methoxy groups -OCH3 is 1. The van der Waals surface area contributed by atoms with Crippen LogP contribution in [0.1, 0.15) is 32.8 Å². The normalized spacial score (nSPS) is 27.2. The van der Waals surface area contributed by atoms with E-state index in [-0.39, 0.29) is 6.42 Å². The summed E-state index contributed by atoms with van der Waals surface area (Å²) in [5, 5.41) is 11.9. The molecule has 2 aliphatic heterocycles. The number of benzene rings is 1. The standard InChI is InChI=1S/C18H23ClN2O5/c1-17(2,3)26-16(23)21-12(14(22)25-5)9-18(24)10-7-6-8-11(19)13(10)20(4)15(18)21/h6-8,12,15,24H,9H2,1-5H3/t12-,15-,18+/m0/s1. The molecule has 1 saturated heterocycles. The molecule has 1 amide bonds. The summed E-state index contributed by atoms with van der Waals surface area (Å²) in [5.41, 5.74) is -0.985. The number of para-hydroxylation sites is 1. The second kappa shape index (κ2) is 6.03. The van der Waals surface area contributed by atoms with Gasteiger partial charge in [-0.05, 0) is 26.8 Å². The van der Waals surface area contributed by atoms with E-state index in [1.54, 1.807) is 50.9 Å². The minimum absolute atomic E-state index is 0.00126. The van der Waals surface area contributed by atoms with Gasteiger partial charge >= 0.3 is 12.1 Å². The molecule has 0 spiro atoms. The van der Waals surface area contributed by atoms with E-state index in [1.807, 2.05) is 0 Å². The smallest absolute Gasteiger partial charge is 0.412 e. The summed E-state index contributed by atoms with van der Waals surface area (Å²) in [4.78, 5) is 28.2. The maximum atomic E-state index is 12.9. The molecule has 7 nitrogen and oxygen atoms in total. The molecule has 26 heavy (non-hydrogen) atoms.